The van der Waals surface area contributed by atoms with Crippen LogP contribution in [0.1, 0.15) is 48.5 Å². The van der Waals surface area contributed by atoms with Gasteiger partial charge in [0.15, 0.2) is 11.5 Å². The molecule has 2 atom stereocenters. The van der Waals surface area contributed by atoms with Crippen LogP contribution in [0.5, 0.6) is 11.5 Å². The molecule has 1 aliphatic rings. The number of methoxy groups -OCH3 is 2. The van der Waals surface area contributed by atoms with Gasteiger partial charge in [-0.1, -0.05) is 23.7 Å². The zero-order chi connectivity index (χ0) is 20.3. The number of rotatable bonds is 5. The summed E-state index contributed by atoms with van der Waals surface area (Å²) in [5.74, 6) is 1.34. The number of ether oxygens (including phenoxy) is 2. The summed E-state index contributed by atoms with van der Waals surface area (Å²) >= 11 is 6.00. The van der Waals surface area contributed by atoms with E-state index >= 15 is 0 Å². The summed E-state index contributed by atoms with van der Waals surface area (Å²) in [5.41, 5.74) is 3.17. The molecule has 0 radical (unpaired) electrons. The van der Waals surface area contributed by atoms with Crippen molar-refractivity contribution in [3.63, 3.8) is 0 Å². The zero-order valence-electron chi connectivity index (χ0n) is 16.8. The van der Waals surface area contributed by atoms with E-state index in [-0.39, 0.29) is 18.1 Å². The summed E-state index contributed by atoms with van der Waals surface area (Å²) in [4.78, 5) is 14.9. The highest BCUT2D eigenvalue weighted by Gasteiger charge is 2.31. The van der Waals surface area contributed by atoms with Crippen molar-refractivity contribution in [1.29, 1.82) is 0 Å². The molecule has 6 heteroatoms. The van der Waals surface area contributed by atoms with E-state index < -0.39 is 0 Å². The van der Waals surface area contributed by atoms with Crippen molar-refractivity contribution in [1.82, 2.24) is 10.2 Å². The molecule has 0 saturated carbocycles. The summed E-state index contributed by atoms with van der Waals surface area (Å²) in [6.07, 6.45) is 1.95. The van der Waals surface area contributed by atoms with Gasteiger partial charge in [-0.25, -0.2) is 4.79 Å². The molecule has 1 N–H and O–H groups in total. The molecule has 2 aromatic rings. The van der Waals surface area contributed by atoms with Gasteiger partial charge in [0.05, 0.1) is 26.3 Å². The lowest BCUT2D eigenvalue weighted by atomic mass is 10.0. The number of benzene rings is 2. The number of urea groups is 1. The van der Waals surface area contributed by atoms with E-state index in [4.69, 9.17) is 21.1 Å². The van der Waals surface area contributed by atoms with Gasteiger partial charge in [0.25, 0.3) is 0 Å². The van der Waals surface area contributed by atoms with Crippen molar-refractivity contribution in [3.8, 4) is 11.5 Å². The van der Waals surface area contributed by atoms with Crippen molar-refractivity contribution >= 4 is 17.6 Å². The largest absolute Gasteiger partial charge is 0.493 e. The molecule has 1 heterocycles. The van der Waals surface area contributed by atoms with Crippen LogP contribution in [0, 0.1) is 6.92 Å². The van der Waals surface area contributed by atoms with Gasteiger partial charge >= 0.3 is 6.03 Å². The van der Waals surface area contributed by atoms with Crippen LogP contribution in [0.2, 0.25) is 5.02 Å². The van der Waals surface area contributed by atoms with Gasteiger partial charge in [0.2, 0.25) is 0 Å². The molecule has 3 rings (SSSR count). The van der Waals surface area contributed by atoms with Crippen molar-refractivity contribution < 1.29 is 14.3 Å². The number of hydrogen-bond donors (Lipinski definition) is 1. The Kier molecular flexibility index (Phi) is 6.35. The van der Waals surface area contributed by atoms with Gasteiger partial charge in [-0.05, 0) is 67.6 Å². The second-order valence-electron chi connectivity index (χ2n) is 7.14. The SMILES string of the molecule is COc1cc(C)c(C(C)NC(=O)N2CCCC2c2ccc(Cl)cc2)cc1OC. The van der Waals surface area contributed by atoms with Gasteiger partial charge in [-0.15, -0.1) is 0 Å². The van der Waals surface area contributed by atoms with Crippen molar-refractivity contribution in [2.45, 2.75) is 38.8 Å². The molecule has 0 aliphatic carbocycles. The van der Waals surface area contributed by atoms with Crippen molar-refractivity contribution in [2.24, 2.45) is 0 Å². The van der Waals surface area contributed by atoms with E-state index in [9.17, 15) is 4.79 Å². The van der Waals surface area contributed by atoms with Gasteiger partial charge in [0, 0.05) is 11.6 Å². The summed E-state index contributed by atoms with van der Waals surface area (Å²) in [6.45, 7) is 4.74. The summed E-state index contributed by atoms with van der Waals surface area (Å²) in [6, 6.07) is 11.5. The molecule has 1 fully saturated rings. The first-order chi connectivity index (χ1) is 13.4. The predicted molar refractivity (Wildman–Crippen MR) is 111 cm³/mol. The average Bonchev–Trinajstić information content (AvgIpc) is 3.18. The Labute approximate surface area is 171 Å². The van der Waals surface area contributed by atoms with Crippen molar-refractivity contribution in [2.75, 3.05) is 20.8 Å². The number of nitrogens with one attached hydrogen (secondary N) is 1. The third-order valence-corrected chi connectivity index (χ3v) is 5.60. The monoisotopic (exact) mass is 402 g/mol. The first kappa shape index (κ1) is 20.3. The molecular weight excluding hydrogens is 376 g/mol. The van der Waals surface area contributed by atoms with E-state index in [2.05, 4.69) is 5.32 Å². The second kappa shape index (κ2) is 8.74. The van der Waals surface area contributed by atoms with Crippen LogP contribution in [0.15, 0.2) is 36.4 Å². The highest BCUT2D eigenvalue weighted by atomic mass is 35.5. The zero-order valence-corrected chi connectivity index (χ0v) is 17.5. The van der Waals surface area contributed by atoms with Gasteiger partial charge < -0.3 is 19.7 Å². The maximum absolute atomic E-state index is 13.0. The molecular formula is C22H27ClN2O3. The van der Waals surface area contributed by atoms with E-state index in [0.29, 0.717) is 16.5 Å². The lowest BCUT2D eigenvalue weighted by molar-refractivity contribution is 0.189. The maximum atomic E-state index is 13.0. The molecule has 1 saturated heterocycles. The second-order valence-corrected chi connectivity index (χ2v) is 7.57. The highest BCUT2D eigenvalue weighted by molar-refractivity contribution is 6.30. The standard InChI is InChI=1S/C22H27ClN2O3/c1-14-12-20(27-3)21(28-4)13-18(14)15(2)24-22(26)25-11-5-6-19(25)16-7-9-17(23)10-8-16/h7-10,12-13,15,19H,5-6,11H2,1-4H3,(H,24,26). The minimum atomic E-state index is -0.154. The Morgan fingerprint density at radius 1 is 1.18 bits per heavy atom. The van der Waals surface area contributed by atoms with Crippen LogP contribution in [0.3, 0.4) is 0 Å². The van der Waals surface area contributed by atoms with Crippen LogP contribution in [-0.4, -0.2) is 31.7 Å². The van der Waals surface area contributed by atoms with Gasteiger partial charge in [-0.3, -0.25) is 0 Å². The summed E-state index contributed by atoms with van der Waals surface area (Å²) < 4.78 is 10.8. The fourth-order valence-corrected chi connectivity index (χ4v) is 3.98. The topological polar surface area (TPSA) is 50.8 Å². The number of nitrogens with zero attached hydrogens (tertiary/aromatic N) is 1. The van der Waals surface area contributed by atoms with Crippen molar-refractivity contribution in [3.05, 3.63) is 58.1 Å². The fraction of sp³-hybridized carbons (Fsp3) is 0.409. The number of likely N-dealkylation sites (tertiary alicyclic amines) is 1. The Hall–Kier alpha value is -2.40. The molecule has 1 aliphatic heterocycles. The molecule has 5 nitrogen and oxygen atoms in total. The van der Waals surface area contributed by atoms with Crippen LogP contribution >= 0.6 is 11.6 Å². The first-order valence-corrected chi connectivity index (χ1v) is 9.87. The highest BCUT2D eigenvalue weighted by Crippen LogP contribution is 2.35. The molecule has 28 heavy (non-hydrogen) atoms. The molecule has 2 aromatic carbocycles. The Balaban J connectivity index is 1.76. The molecule has 150 valence electrons. The molecule has 2 amide bonds. The number of hydrogen-bond acceptors (Lipinski definition) is 3. The maximum Gasteiger partial charge on any atom is 0.318 e. The van der Waals surface area contributed by atoms with E-state index in [1.807, 2.05) is 55.1 Å². The average molecular weight is 403 g/mol. The number of halogens is 1. The van der Waals surface area contributed by atoms with E-state index in [0.717, 1.165) is 36.1 Å². The van der Waals surface area contributed by atoms with Gasteiger partial charge in [-0.2, -0.15) is 0 Å². The Morgan fingerprint density at radius 2 is 1.82 bits per heavy atom. The molecule has 0 bridgehead atoms. The van der Waals surface area contributed by atoms with Crippen LogP contribution < -0.4 is 14.8 Å². The third kappa shape index (κ3) is 4.20. The van der Waals surface area contributed by atoms with Crippen LogP contribution in [0.4, 0.5) is 4.79 Å². The minimum absolute atomic E-state index is 0.0564. The number of aryl methyl sites for hydroxylation is 1. The Morgan fingerprint density at radius 3 is 2.46 bits per heavy atom. The van der Waals surface area contributed by atoms with E-state index in [1.54, 1.807) is 14.2 Å². The van der Waals surface area contributed by atoms with Crippen LogP contribution in [0.25, 0.3) is 0 Å². The molecule has 2 unspecified atom stereocenters. The smallest absolute Gasteiger partial charge is 0.318 e. The third-order valence-electron chi connectivity index (χ3n) is 5.35. The van der Waals surface area contributed by atoms with Crippen LogP contribution in [-0.2, 0) is 0 Å². The first-order valence-electron chi connectivity index (χ1n) is 9.49. The quantitative estimate of drug-likeness (QED) is 0.740. The van der Waals surface area contributed by atoms with E-state index in [1.165, 1.54) is 0 Å². The number of carbonyl (C=O) groups excluding carboxylic acids is 1. The van der Waals surface area contributed by atoms with Gasteiger partial charge in [0.1, 0.15) is 0 Å². The molecule has 0 spiro atoms. The minimum Gasteiger partial charge on any atom is -0.493 e. The number of carbonyl (C=O) groups is 1. The fourth-order valence-electron chi connectivity index (χ4n) is 3.85. The number of amides is 2. The molecule has 0 aromatic heterocycles. The lowest BCUT2D eigenvalue weighted by Gasteiger charge is -2.28. The predicted octanol–water partition coefficient (Wildman–Crippen LogP) is 5.27. The summed E-state index contributed by atoms with van der Waals surface area (Å²) in [5, 5.41) is 3.85. The Bertz CT molecular complexity index is 838. The summed E-state index contributed by atoms with van der Waals surface area (Å²) in [7, 11) is 3.23. The normalized spacial score (nSPS) is 17.3. The lowest BCUT2D eigenvalue weighted by Crippen LogP contribution is -2.40.